The zero-order valence-corrected chi connectivity index (χ0v) is 4.05. The minimum atomic E-state index is -0.764. The fourth-order valence-corrected chi connectivity index (χ4v) is 0.226. The van der Waals surface area contributed by atoms with E-state index >= 15 is 0 Å². The molecule has 0 aliphatic rings. The van der Waals surface area contributed by atoms with E-state index in [0.717, 1.165) is 0 Å². The van der Waals surface area contributed by atoms with Gasteiger partial charge in [-0.1, -0.05) is 6.08 Å². The molecule has 0 rings (SSSR count). The molecule has 42 valence electrons. The molecule has 0 aromatic rings. The number of rotatable bonds is 3. The Kier molecular flexibility index (Phi) is 11.4. The van der Waals surface area contributed by atoms with Gasteiger partial charge in [0, 0.05) is 6.42 Å². The van der Waals surface area contributed by atoms with Crippen LogP contribution < -0.4 is 0 Å². The van der Waals surface area contributed by atoms with E-state index in [0.29, 0.717) is 6.42 Å². The number of carbonyl (C=O) groups is 1. The Labute approximate surface area is 91.4 Å². The molecule has 0 fully saturated rings. The average molecular weight is 140 g/mol. The van der Waals surface area contributed by atoms with Gasteiger partial charge >= 0.3 is 57.4 Å². The van der Waals surface area contributed by atoms with Crippen molar-refractivity contribution < 1.29 is 9.90 Å². The normalized spacial score (nSPS) is 7.00. The van der Waals surface area contributed by atoms with Gasteiger partial charge < -0.3 is 5.11 Å². The van der Waals surface area contributed by atoms with Crippen LogP contribution >= 0.6 is 0 Å². The first-order chi connectivity index (χ1) is 3.27. The molecule has 1 N–H and O–H groups in total. The molecular weight excluding hydrogens is 131 g/mol. The number of hydrogen-bond acceptors (Lipinski definition) is 1. The van der Waals surface area contributed by atoms with Gasteiger partial charge in [0.05, 0.1) is 0 Å². The third kappa shape index (κ3) is 9.96. The predicted octanol–water partition coefficient (Wildman–Crippen LogP) is 0.389. The summed E-state index contributed by atoms with van der Waals surface area (Å²) in [5.41, 5.74) is 0. The molecule has 0 spiro atoms. The average Bonchev–Trinajstić information content (AvgIpc) is 1.61. The van der Waals surface area contributed by atoms with Gasteiger partial charge in [0.25, 0.3) is 0 Å². The summed E-state index contributed by atoms with van der Waals surface area (Å²) in [5.74, 6) is -0.764. The van der Waals surface area contributed by atoms with Gasteiger partial charge in [-0.05, 0) is 6.42 Å². The first-order valence-electron chi connectivity index (χ1n) is 2.10. The Balaban J connectivity index is 0. The van der Waals surface area contributed by atoms with Gasteiger partial charge in [0.2, 0.25) is 0 Å². The number of carboxylic acids is 1. The van der Waals surface area contributed by atoms with Gasteiger partial charge in [0.1, 0.15) is 0 Å². The number of hydrogen-bond donors (Lipinski definition) is 1. The van der Waals surface area contributed by atoms with E-state index in [1.165, 1.54) is 0 Å². The zero-order chi connectivity index (χ0) is 5.70. The maximum atomic E-state index is 9.71. The molecule has 0 heterocycles. The molecule has 3 heteroatoms. The van der Waals surface area contributed by atoms with E-state index in [1.54, 1.807) is 6.08 Å². The van der Waals surface area contributed by atoms with E-state index in [4.69, 9.17) is 5.11 Å². The predicted molar refractivity (Wildman–Crippen MR) is 34.2 cm³/mol. The Morgan fingerprint density at radius 3 is 2.38 bits per heavy atom. The van der Waals surface area contributed by atoms with Crippen molar-refractivity contribution in [3.63, 3.8) is 0 Å². The molecule has 0 bridgehead atoms. The molecule has 2 nitrogen and oxygen atoms in total. The first kappa shape index (κ1) is 11.6. The molecule has 0 aliphatic carbocycles. The molecule has 0 atom stereocenters. The summed E-state index contributed by atoms with van der Waals surface area (Å²) in [6.07, 6.45) is 2.35. The van der Waals surface area contributed by atoms with Crippen molar-refractivity contribution in [3.8, 4) is 0 Å². The van der Waals surface area contributed by atoms with Crippen molar-refractivity contribution in [2.24, 2.45) is 0 Å². The summed E-state index contributed by atoms with van der Waals surface area (Å²) < 4.78 is 0. The molecule has 0 saturated carbocycles. The SMILES string of the molecule is C=CCCC(=O)O.[KH]. The van der Waals surface area contributed by atoms with Crippen molar-refractivity contribution in [3.05, 3.63) is 12.7 Å². The summed E-state index contributed by atoms with van der Waals surface area (Å²) in [4.78, 5) is 9.71. The Morgan fingerprint density at radius 1 is 1.75 bits per heavy atom. The number of carboxylic acid groups (broad SMARTS) is 1. The van der Waals surface area contributed by atoms with Crippen LogP contribution in [-0.2, 0) is 4.79 Å². The van der Waals surface area contributed by atoms with Crippen LogP contribution in [0.15, 0.2) is 12.7 Å². The van der Waals surface area contributed by atoms with Gasteiger partial charge in [0.15, 0.2) is 0 Å². The van der Waals surface area contributed by atoms with Crippen LogP contribution in [0.4, 0.5) is 0 Å². The minimum absolute atomic E-state index is 0. The van der Waals surface area contributed by atoms with E-state index < -0.39 is 5.97 Å². The van der Waals surface area contributed by atoms with Gasteiger partial charge in [-0.2, -0.15) is 0 Å². The summed E-state index contributed by atoms with van der Waals surface area (Å²) in [6.45, 7) is 3.37. The van der Waals surface area contributed by atoms with Crippen LogP contribution in [0.25, 0.3) is 0 Å². The molecule has 0 radical (unpaired) electrons. The number of aliphatic carboxylic acids is 1. The van der Waals surface area contributed by atoms with Crippen molar-refractivity contribution in [2.75, 3.05) is 0 Å². The van der Waals surface area contributed by atoms with Crippen LogP contribution in [-0.4, -0.2) is 62.5 Å². The molecule has 0 amide bonds. The summed E-state index contributed by atoms with van der Waals surface area (Å²) in [5, 5.41) is 8.00. The quantitative estimate of drug-likeness (QED) is 0.455. The molecule has 0 unspecified atom stereocenters. The number of allylic oxidation sites excluding steroid dienone is 1. The van der Waals surface area contributed by atoms with Gasteiger partial charge in [-0.15, -0.1) is 6.58 Å². The van der Waals surface area contributed by atoms with Gasteiger partial charge in [-0.3, -0.25) is 4.79 Å². The third-order valence-corrected chi connectivity index (χ3v) is 0.562. The fourth-order valence-electron chi connectivity index (χ4n) is 0.226. The van der Waals surface area contributed by atoms with Gasteiger partial charge in [-0.25, -0.2) is 0 Å². The Hall–Kier alpha value is 0.846. The fraction of sp³-hybridized carbons (Fsp3) is 0.400. The van der Waals surface area contributed by atoms with Crippen molar-refractivity contribution in [2.45, 2.75) is 12.8 Å². The van der Waals surface area contributed by atoms with Crippen LogP contribution in [0.5, 0.6) is 0 Å². The second-order valence-electron chi connectivity index (χ2n) is 1.22. The Bertz CT molecular complexity index is 80.5. The van der Waals surface area contributed by atoms with E-state index in [-0.39, 0.29) is 57.8 Å². The van der Waals surface area contributed by atoms with Crippen molar-refractivity contribution >= 4 is 57.4 Å². The molecule has 0 aliphatic heterocycles. The molecule has 0 aromatic heterocycles. The van der Waals surface area contributed by atoms with E-state index in [2.05, 4.69) is 6.58 Å². The topological polar surface area (TPSA) is 37.3 Å². The van der Waals surface area contributed by atoms with Crippen LogP contribution in [0.2, 0.25) is 0 Å². The van der Waals surface area contributed by atoms with Crippen LogP contribution in [0.3, 0.4) is 0 Å². The zero-order valence-electron chi connectivity index (χ0n) is 4.05. The second-order valence-corrected chi connectivity index (χ2v) is 1.22. The maximum absolute atomic E-state index is 9.71. The van der Waals surface area contributed by atoms with Crippen LogP contribution in [0, 0.1) is 0 Å². The molecule has 0 saturated heterocycles. The second kappa shape index (κ2) is 7.85. The summed E-state index contributed by atoms with van der Waals surface area (Å²) >= 11 is 0. The Morgan fingerprint density at radius 2 is 2.25 bits per heavy atom. The van der Waals surface area contributed by atoms with E-state index in [9.17, 15) is 4.79 Å². The van der Waals surface area contributed by atoms with Crippen LogP contribution in [0.1, 0.15) is 12.8 Å². The standard InChI is InChI=1S/C5H8O2.K.H/c1-2-3-4-5(6)7;;/h2H,1,3-4H2,(H,6,7);;. The summed E-state index contributed by atoms with van der Waals surface area (Å²) in [6, 6.07) is 0. The summed E-state index contributed by atoms with van der Waals surface area (Å²) in [7, 11) is 0. The first-order valence-corrected chi connectivity index (χ1v) is 2.10. The molecule has 0 aromatic carbocycles. The molecular formula is C5H9KO2. The monoisotopic (exact) mass is 140 g/mol. The van der Waals surface area contributed by atoms with Crippen molar-refractivity contribution in [1.29, 1.82) is 0 Å². The molecule has 8 heavy (non-hydrogen) atoms. The van der Waals surface area contributed by atoms with E-state index in [1.807, 2.05) is 0 Å². The van der Waals surface area contributed by atoms with Crippen molar-refractivity contribution in [1.82, 2.24) is 0 Å². The third-order valence-electron chi connectivity index (χ3n) is 0.562.